The summed E-state index contributed by atoms with van der Waals surface area (Å²) in [5.74, 6) is 2.67. The zero-order valence-corrected chi connectivity index (χ0v) is 11.3. The van der Waals surface area contributed by atoms with E-state index in [-0.39, 0.29) is 6.10 Å². The SMILES string of the molecule is Cc1ccccc1CC(O)CSCC(C)C. The van der Waals surface area contributed by atoms with Crippen LogP contribution in [0.4, 0.5) is 0 Å². The Morgan fingerprint density at radius 2 is 1.88 bits per heavy atom. The molecule has 0 saturated carbocycles. The molecule has 0 aliphatic heterocycles. The fraction of sp³-hybridized carbons (Fsp3) is 0.571. The summed E-state index contributed by atoms with van der Waals surface area (Å²) >= 11 is 1.84. The fourth-order valence-corrected chi connectivity index (χ4v) is 2.59. The minimum atomic E-state index is -0.218. The van der Waals surface area contributed by atoms with Gasteiger partial charge in [0, 0.05) is 5.75 Å². The van der Waals surface area contributed by atoms with E-state index in [1.165, 1.54) is 11.1 Å². The molecule has 0 fully saturated rings. The van der Waals surface area contributed by atoms with Gasteiger partial charge in [-0.3, -0.25) is 0 Å². The molecule has 2 heteroatoms. The number of benzene rings is 1. The number of aliphatic hydroxyl groups excluding tert-OH is 1. The molecule has 0 radical (unpaired) electrons. The molecule has 1 atom stereocenters. The van der Waals surface area contributed by atoms with Gasteiger partial charge in [-0.15, -0.1) is 0 Å². The fourth-order valence-electron chi connectivity index (χ4n) is 1.59. The number of hydrogen-bond acceptors (Lipinski definition) is 2. The number of thioether (sulfide) groups is 1. The highest BCUT2D eigenvalue weighted by molar-refractivity contribution is 7.99. The zero-order chi connectivity index (χ0) is 12.0. The maximum Gasteiger partial charge on any atom is 0.0670 e. The molecule has 0 amide bonds. The molecule has 0 heterocycles. The second-order valence-electron chi connectivity index (χ2n) is 4.72. The lowest BCUT2D eigenvalue weighted by atomic mass is 10.0. The van der Waals surface area contributed by atoms with Crippen LogP contribution in [0.2, 0.25) is 0 Å². The van der Waals surface area contributed by atoms with E-state index >= 15 is 0 Å². The first-order chi connectivity index (χ1) is 7.59. The van der Waals surface area contributed by atoms with Crippen molar-refractivity contribution in [2.75, 3.05) is 11.5 Å². The number of hydrogen-bond donors (Lipinski definition) is 1. The Balaban J connectivity index is 2.34. The van der Waals surface area contributed by atoms with E-state index in [9.17, 15) is 5.11 Å². The van der Waals surface area contributed by atoms with Crippen molar-refractivity contribution in [2.24, 2.45) is 5.92 Å². The van der Waals surface area contributed by atoms with Crippen molar-refractivity contribution in [1.29, 1.82) is 0 Å². The van der Waals surface area contributed by atoms with E-state index in [1.807, 2.05) is 23.9 Å². The van der Waals surface area contributed by atoms with Gasteiger partial charge in [0.25, 0.3) is 0 Å². The minimum absolute atomic E-state index is 0.218. The van der Waals surface area contributed by atoms with Gasteiger partial charge in [0.05, 0.1) is 6.10 Å². The van der Waals surface area contributed by atoms with Crippen LogP contribution in [0.25, 0.3) is 0 Å². The van der Waals surface area contributed by atoms with E-state index in [0.717, 1.165) is 17.9 Å². The molecule has 1 rings (SSSR count). The largest absolute Gasteiger partial charge is 0.392 e. The van der Waals surface area contributed by atoms with Gasteiger partial charge in [0.1, 0.15) is 0 Å². The molecule has 1 nitrogen and oxygen atoms in total. The molecule has 90 valence electrons. The summed E-state index contributed by atoms with van der Waals surface area (Å²) in [7, 11) is 0. The lowest BCUT2D eigenvalue weighted by Crippen LogP contribution is -2.15. The highest BCUT2D eigenvalue weighted by atomic mass is 32.2. The predicted molar refractivity (Wildman–Crippen MR) is 73.1 cm³/mol. The van der Waals surface area contributed by atoms with Gasteiger partial charge in [0.15, 0.2) is 0 Å². The molecule has 0 bridgehead atoms. The Labute approximate surface area is 103 Å². The van der Waals surface area contributed by atoms with Crippen molar-refractivity contribution < 1.29 is 5.11 Å². The van der Waals surface area contributed by atoms with Gasteiger partial charge in [0.2, 0.25) is 0 Å². The maximum atomic E-state index is 9.92. The van der Waals surface area contributed by atoms with Crippen LogP contribution in [0.1, 0.15) is 25.0 Å². The molecule has 0 aliphatic rings. The lowest BCUT2D eigenvalue weighted by molar-refractivity contribution is 0.200. The van der Waals surface area contributed by atoms with Crippen LogP contribution in [-0.2, 0) is 6.42 Å². The third-order valence-corrected chi connectivity index (χ3v) is 4.00. The summed E-state index contributed by atoms with van der Waals surface area (Å²) in [6, 6.07) is 8.28. The standard InChI is InChI=1S/C14H22OS/c1-11(2)9-16-10-14(15)8-13-7-5-4-6-12(13)3/h4-7,11,14-15H,8-10H2,1-3H3. The van der Waals surface area contributed by atoms with Crippen LogP contribution in [0.3, 0.4) is 0 Å². The molecule has 0 spiro atoms. The van der Waals surface area contributed by atoms with Gasteiger partial charge in [-0.05, 0) is 36.1 Å². The Kier molecular flexibility index (Phi) is 5.93. The van der Waals surface area contributed by atoms with Crippen molar-refractivity contribution in [2.45, 2.75) is 33.3 Å². The van der Waals surface area contributed by atoms with Crippen LogP contribution in [0, 0.1) is 12.8 Å². The quantitative estimate of drug-likeness (QED) is 0.820. The normalized spacial score (nSPS) is 13.1. The molecule has 1 aromatic carbocycles. The van der Waals surface area contributed by atoms with Gasteiger partial charge in [-0.25, -0.2) is 0 Å². The van der Waals surface area contributed by atoms with Crippen LogP contribution >= 0.6 is 11.8 Å². The van der Waals surface area contributed by atoms with Crippen LogP contribution in [-0.4, -0.2) is 22.7 Å². The Bertz CT molecular complexity index is 309. The van der Waals surface area contributed by atoms with Gasteiger partial charge in [-0.1, -0.05) is 38.1 Å². The van der Waals surface area contributed by atoms with Gasteiger partial charge < -0.3 is 5.11 Å². The average Bonchev–Trinajstić information content (AvgIpc) is 2.21. The molecule has 0 aromatic heterocycles. The molecule has 0 saturated heterocycles. The van der Waals surface area contributed by atoms with Crippen LogP contribution in [0.15, 0.2) is 24.3 Å². The predicted octanol–water partition coefficient (Wildman–Crippen LogP) is 3.29. The first-order valence-corrected chi connectivity index (χ1v) is 7.05. The minimum Gasteiger partial charge on any atom is -0.392 e. The number of aliphatic hydroxyl groups is 1. The van der Waals surface area contributed by atoms with Crippen molar-refractivity contribution >= 4 is 11.8 Å². The molecule has 1 aromatic rings. The van der Waals surface area contributed by atoms with Crippen molar-refractivity contribution in [3.8, 4) is 0 Å². The van der Waals surface area contributed by atoms with Crippen LogP contribution in [0.5, 0.6) is 0 Å². The summed E-state index contributed by atoms with van der Waals surface area (Å²) in [5.41, 5.74) is 2.54. The summed E-state index contributed by atoms with van der Waals surface area (Å²) in [5, 5.41) is 9.92. The van der Waals surface area contributed by atoms with E-state index in [1.54, 1.807) is 0 Å². The maximum absolute atomic E-state index is 9.92. The molecule has 0 aliphatic carbocycles. The van der Waals surface area contributed by atoms with Crippen molar-refractivity contribution in [1.82, 2.24) is 0 Å². The zero-order valence-electron chi connectivity index (χ0n) is 10.4. The van der Waals surface area contributed by atoms with E-state index in [0.29, 0.717) is 5.92 Å². The van der Waals surface area contributed by atoms with Crippen molar-refractivity contribution in [3.05, 3.63) is 35.4 Å². The average molecular weight is 238 g/mol. The Morgan fingerprint density at radius 3 is 2.50 bits per heavy atom. The highest BCUT2D eigenvalue weighted by Crippen LogP contribution is 2.14. The molecule has 16 heavy (non-hydrogen) atoms. The highest BCUT2D eigenvalue weighted by Gasteiger charge is 2.07. The van der Waals surface area contributed by atoms with E-state index in [2.05, 4.69) is 32.9 Å². The van der Waals surface area contributed by atoms with Gasteiger partial charge >= 0.3 is 0 Å². The third kappa shape index (κ3) is 5.04. The summed E-state index contributed by atoms with van der Waals surface area (Å²) in [4.78, 5) is 0. The smallest absolute Gasteiger partial charge is 0.0670 e. The summed E-state index contributed by atoms with van der Waals surface area (Å²) in [6.45, 7) is 6.52. The van der Waals surface area contributed by atoms with Gasteiger partial charge in [-0.2, -0.15) is 11.8 Å². The molecule has 1 unspecified atom stereocenters. The van der Waals surface area contributed by atoms with E-state index in [4.69, 9.17) is 0 Å². The Hall–Kier alpha value is -0.470. The third-order valence-electron chi connectivity index (χ3n) is 2.48. The first kappa shape index (κ1) is 13.6. The topological polar surface area (TPSA) is 20.2 Å². The summed E-state index contributed by atoms with van der Waals surface area (Å²) in [6.07, 6.45) is 0.558. The number of rotatable bonds is 6. The second-order valence-corrected chi connectivity index (χ2v) is 5.79. The first-order valence-electron chi connectivity index (χ1n) is 5.90. The second kappa shape index (κ2) is 6.97. The molecule has 1 N–H and O–H groups in total. The van der Waals surface area contributed by atoms with Crippen LogP contribution < -0.4 is 0 Å². The molecular weight excluding hydrogens is 216 g/mol. The summed E-state index contributed by atoms with van der Waals surface area (Å²) < 4.78 is 0. The number of aryl methyl sites for hydroxylation is 1. The van der Waals surface area contributed by atoms with Crippen molar-refractivity contribution in [3.63, 3.8) is 0 Å². The molecular formula is C14H22OS. The lowest BCUT2D eigenvalue weighted by Gasteiger charge is -2.12. The Morgan fingerprint density at radius 1 is 1.19 bits per heavy atom. The van der Waals surface area contributed by atoms with E-state index < -0.39 is 0 Å². The monoisotopic (exact) mass is 238 g/mol.